The van der Waals surface area contributed by atoms with E-state index in [0.29, 0.717) is 11.3 Å². The number of hydrogen-bond acceptors (Lipinski definition) is 1. The van der Waals surface area contributed by atoms with Crippen LogP contribution in [0.15, 0.2) is 0 Å². The van der Waals surface area contributed by atoms with Crippen molar-refractivity contribution in [2.75, 3.05) is 0 Å². The summed E-state index contributed by atoms with van der Waals surface area (Å²) in [5, 5.41) is 7.50. The van der Waals surface area contributed by atoms with Crippen LogP contribution in [0.4, 0.5) is 0 Å². The van der Waals surface area contributed by atoms with E-state index < -0.39 is 0 Å². The second kappa shape index (κ2) is 2.37. The number of hydrogen-bond donors (Lipinski definition) is 1. The summed E-state index contributed by atoms with van der Waals surface area (Å²) in [7, 11) is 0. The van der Waals surface area contributed by atoms with Gasteiger partial charge in [-0.1, -0.05) is 20.8 Å². The van der Waals surface area contributed by atoms with Crippen LogP contribution in [0.3, 0.4) is 0 Å². The fourth-order valence-electron chi connectivity index (χ4n) is 1.47. The maximum absolute atomic E-state index is 7.50. The van der Waals surface area contributed by atoms with Gasteiger partial charge in [-0.25, -0.2) is 0 Å². The van der Waals surface area contributed by atoms with Gasteiger partial charge in [0, 0.05) is 5.71 Å². The van der Waals surface area contributed by atoms with Crippen LogP contribution in [-0.2, 0) is 0 Å². The minimum absolute atomic E-state index is 0.477. The van der Waals surface area contributed by atoms with Crippen LogP contribution in [0.25, 0.3) is 0 Å². The molecule has 1 aliphatic rings. The Hall–Kier alpha value is -0.330. The maximum Gasteiger partial charge on any atom is 0.00922 e. The molecule has 1 atom stereocenters. The molecule has 1 N–H and O–H groups in total. The lowest BCUT2D eigenvalue weighted by atomic mass is 9.69. The summed E-state index contributed by atoms with van der Waals surface area (Å²) in [6.45, 7) is 6.88. The van der Waals surface area contributed by atoms with Gasteiger partial charge in [0.25, 0.3) is 0 Å². The van der Waals surface area contributed by atoms with Crippen molar-refractivity contribution < 1.29 is 0 Å². The molecule has 0 aromatic rings. The van der Waals surface area contributed by atoms with Gasteiger partial charge in [0.15, 0.2) is 0 Å². The van der Waals surface area contributed by atoms with Crippen LogP contribution in [0.5, 0.6) is 0 Å². The van der Waals surface area contributed by atoms with Crippen molar-refractivity contribution in [1.29, 1.82) is 5.41 Å². The van der Waals surface area contributed by atoms with Crippen molar-refractivity contribution in [3.8, 4) is 0 Å². The molecular weight excluding hydrogens is 122 g/mol. The summed E-state index contributed by atoms with van der Waals surface area (Å²) in [4.78, 5) is 0. The van der Waals surface area contributed by atoms with Gasteiger partial charge in [0.05, 0.1) is 0 Å². The van der Waals surface area contributed by atoms with Crippen LogP contribution in [-0.4, -0.2) is 5.71 Å². The largest absolute Gasteiger partial charge is 0.310 e. The lowest BCUT2D eigenvalue weighted by Crippen LogP contribution is -2.29. The zero-order valence-corrected chi connectivity index (χ0v) is 7.20. The smallest absolute Gasteiger partial charge is 0.00922 e. The molecule has 1 saturated carbocycles. The van der Waals surface area contributed by atoms with E-state index in [1.54, 1.807) is 0 Å². The Morgan fingerprint density at radius 3 is 2.50 bits per heavy atom. The predicted molar refractivity (Wildman–Crippen MR) is 44.5 cm³/mol. The zero-order chi connectivity index (χ0) is 7.78. The van der Waals surface area contributed by atoms with Crippen LogP contribution in [0.2, 0.25) is 0 Å². The van der Waals surface area contributed by atoms with E-state index >= 15 is 0 Å². The van der Waals surface area contributed by atoms with Gasteiger partial charge in [-0.3, -0.25) is 0 Å². The summed E-state index contributed by atoms with van der Waals surface area (Å²) in [5.74, 6) is 0.703. The van der Waals surface area contributed by atoms with E-state index in [1.165, 1.54) is 6.42 Å². The average molecular weight is 139 g/mol. The van der Waals surface area contributed by atoms with Gasteiger partial charge in [-0.05, 0) is 30.6 Å². The van der Waals surface area contributed by atoms with Crippen LogP contribution in [0.1, 0.15) is 40.0 Å². The summed E-state index contributed by atoms with van der Waals surface area (Å²) in [6.07, 6.45) is 3.25. The Bertz CT molecular complexity index is 147. The van der Waals surface area contributed by atoms with E-state index in [0.717, 1.165) is 18.6 Å². The van der Waals surface area contributed by atoms with E-state index in [-0.39, 0.29) is 0 Å². The van der Waals surface area contributed by atoms with Gasteiger partial charge in [0.1, 0.15) is 0 Å². The van der Waals surface area contributed by atoms with Gasteiger partial charge in [0.2, 0.25) is 0 Å². The molecule has 1 unspecified atom stereocenters. The molecule has 58 valence electrons. The van der Waals surface area contributed by atoms with Crippen LogP contribution < -0.4 is 0 Å². The molecule has 0 aromatic heterocycles. The van der Waals surface area contributed by atoms with E-state index in [1.807, 2.05) is 0 Å². The number of nitrogens with one attached hydrogen (secondary N) is 1. The molecule has 0 amide bonds. The van der Waals surface area contributed by atoms with Crippen LogP contribution in [0, 0.1) is 16.7 Å². The average Bonchev–Trinajstić information content (AvgIpc) is 1.81. The number of rotatable bonds is 0. The lowest BCUT2D eigenvalue weighted by Gasteiger charge is -2.36. The summed E-state index contributed by atoms with van der Waals surface area (Å²) in [5.41, 5.74) is 1.43. The molecule has 1 aliphatic carbocycles. The van der Waals surface area contributed by atoms with E-state index in [4.69, 9.17) is 5.41 Å². The first-order valence-corrected chi connectivity index (χ1v) is 4.08. The van der Waals surface area contributed by atoms with Crippen molar-refractivity contribution in [2.24, 2.45) is 11.3 Å². The first-order valence-electron chi connectivity index (χ1n) is 4.08. The minimum atomic E-state index is 0.477. The highest BCUT2D eigenvalue weighted by Gasteiger charge is 2.30. The Balaban J connectivity index is 2.60. The van der Waals surface area contributed by atoms with E-state index in [9.17, 15) is 0 Å². The molecule has 1 nitrogen and oxygen atoms in total. The molecule has 0 saturated heterocycles. The SMILES string of the molecule is CC1CC(=N)CCC1(C)C. The fourth-order valence-corrected chi connectivity index (χ4v) is 1.47. The van der Waals surface area contributed by atoms with E-state index in [2.05, 4.69) is 20.8 Å². The van der Waals surface area contributed by atoms with Gasteiger partial charge >= 0.3 is 0 Å². The molecule has 1 fully saturated rings. The molecule has 0 aromatic carbocycles. The molecule has 0 radical (unpaired) electrons. The summed E-state index contributed by atoms with van der Waals surface area (Å²) in [6, 6.07) is 0. The standard InChI is InChI=1S/C9H17N/c1-7-6-8(10)4-5-9(7,2)3/h7,10H,4-6H2,1-3H3. The molecule has 1 heteroatoms. The predicted octanol–water partition coefficient (Wildman–Crippen LogP) is 2.85. The monoisotopic (exact) mass is 139 g/mol. The van der Waals surface area contributed by atoms with Gasteiger partial charge in [-0.15, -0.1) is 0 Å². The molecule has 0 bridgehead atoms. The third kappa shape index (κ3) is 1.39. The van der Waals surface area contributed by atoms with Crippen molar-refractivity contribution in [2.45, 2.75) is 40.0 Å². The second-order valence-electron chi connectivity index (χ2n) is 4.20. The first-order chi connectivity index (χ1) is 4.52. The molecule has 0 aliphatic heterocycles. The molecular formula is C9H17N. The Morgan fingerprint density at radius 1 is 1.50 bits per heavy atom. The summed E-state index contributed by atoms with van der Waals surface area (Å²) >= 11 is 0. The highest BCUT2D eigenvalue weighted by Crippen LogP contribution is 2.38. The fraction of sp³-hybridized carbons (Fsp3) is 0.889. The highest BCUT2D eigenvalue weighted by molar-refractivity contribution is 5.82. The van der Waals surface area contributed by atoms with Crippen LogP contribution >= 0.6 is 0 Å². The maximum atomic E-state index is 7.50. The normalized spacial score (nSPS) is 32.3. The molecule has 10 heavy (non-hydrogen) atoms. The Kier molecular flexibility index (Phi) is 1.84. The lowest BCUT2D eigenvalue weighted by molar-refractivity contribution is 0.204. The quantitative estimate of drug-likeness (QED) is 0.533. The second-order valence-corrected chi connectivity index (χ2v) is 4.20. The third-order valence-corrected chi connectivity index (χ3v) is 2.96. The van der Waals surface area contributed by atoms with Crippen molar-refractivity contribution >= 4 is 5.71 Å². The van der Waals surface area contributed by atoms with Gasteiger partial charge < -0.3 is 5.41 Å². The van der Waals surface area contributed by atoms with Crippen molar-refractivity contribution in [1.82, 2.24) is 0 Å². The first kappa shape index (κ1) is 7.77. The Morgan fingerprint density at radius 2 is 2.10 bits per heavy atom. The molecule has 0 spiro atoms. The zero-order valence-electron chi connectivity index (χ0n) is 7.20. The third-order valence-electron chi connectivity index (χ3n) is 2.96. The van der Waals surface area contributed by atoms with Crippen molar-refractivity contribution in [3.63, 3.8) is 0 Å². The molecule has 0 heterocycles. The van der Waals surface area contributed by atoms with Gasteiger partial charge in [-0.2, -0.15) is 0 Å². The minimum Gasteiger partial charge on any atom is -0.310 e. The topological polar surface area (TPSA) is 23.9 Å². The summed E-state index contributed by atoms with van der Waals surface area (Å²) < 4.78 is 0. The molecule has 1 rings (SSSR count). The highest BCUT2D eigenvalue weighted by atomic mass is 14.5. The Labute approximate surface area is 63.3 Å². The van der Waals surface area contributed by atoms with Crippen molar-refractivity contribution in [3.05, 3.63) is 0 Å².